The number of rotatable bonds is 2. The molecule has 0 amide bonds. The maximum atomic E-state index is 11.6. The number of hydrogen-bond acceptors (Lipinski definition) is 1. The molecule has 11 heavy (non-hydrogen) atoms. The van der Waals surface area contributed by atoms with Crippen molar-refractivity contribution in [2.24, 2.45) is 0 Å². The summed E-state index contributed by atoms with van der Waals surface area (Å²) in [6, 6.07) is 0. The third kappa shape index (κ3) is 3.19. The Kier molecular flexibility index (Phi) is 3.06. The molecule has 0 aromatic carbocycles. The smallest absolute Gasteiger partial charge is 0.458 e. The molecule has 1 unspecified atom stereocenters. The molecule has 8 heteroatoms. The molecular weight excluding hydrogens is 198 g/mol. The monoisotopic (exact) mass is 200 g/mol. The molecule has 0 aliphatic rings. The molecule has 0 saturated heterocycles. The van der Waals surface area contributed by atoms with Gasteiger partial charge in [-0.2, -0.15) is 22.0 Å². The van der Waals surface area contributed by atoms with Gasteiger partial charge in [0.15, 0.2) is 11.6 Å². The lowest BCUT2D eigenvalue weighted by Crippen LogP contribution is -2.41. The van der Waals surface area contributed by atoms with Gasteiger partial charge in [0.05, 0.1) is 0 Å². The summed E-state index contributed by atoms with van der Waals surface area (Å²) in [6.07, 6.45) is -5.84. The van der Waals surface area contributed by atoms with Gasteiger partial charge in [0.2, 0.25) is 5.75 Å². The van der Waals surface area contributed by atoms with E-state index >= 15 is 0 Å². The normalized spacial score (nSPS) is 16.6. The van der Waals surface area contributed by atoms with Crippen LogP contribution in [0.15, 0.2) is 0 Å². The molecule has 0 aromatic heterocycles. The van der Waals surface area contributed by atoms with Gasteiger partial charge in [0.25, 0.3) is 0 Å². The molecular formula is C3H2F6OS. The molecule has 0 heterocycles. The van der Waals surface area contributed by atoms with Crippen LogP contribution in [-0.2, 0) is 11.6 Å². The second-order valence-corrected chi connectivity index (χ2v) is 2.51. The quantitative estimate of drug-likeness (QED) is 0.492. The van der Waals surface area contributed by atoms with E-state index in [9.17, 15) is 30.4 Å². The highest BCUT2D eigenvalue weighted by molar-refractivity contribution is 7.86. The van der Waals surface area contributed by atoms with Crippen molar-refractivity contribution in [2.45, 2.75) is 12.1 Å². The fraction of sp³-hybridized carbons (Fsp3) is 1.00. The van der Waals surface area contributed by atoms with Gasteiger partial charge in [-0.05, 0) is 0 Å². The minimum absolute atomic E-state index is 2.34. The predicted octanol–water partition coefficient (Wildman–Crippen LogP) is 1.82. The molecule has 0 aromatic rings. The molecule has 1 nitrogen and oxygen atoms in total. The van der Waals surface area contributed by atoms with Crippen LogP contribution in [0, 0.1) is 0 Å². The largest absolute Gasteiger partial charge is 0.580 e. The molecule has 0 aliphatic carbocycles. The summed E-state index contributed by atoms with van der Waals surface area (Å²) in [5.74, 6) is -7.55. The minimum atomic E-state index is -5.84. The molecule has 0 N–H and O–H groups in total. The van der Waals surface area contributed by atoms with Gasteiger partial charge in [0.1, 0.15) is 0 Å². The van der Waals surface area contributed by atoms with Crippen LogP contribution in [0.25, 0.3) is 0 Å². The van der Waals surface area contributed by atoms with E-state index in [1.807, 2.05) is 0 Å². The van der Waals surface area contributed by atoms with Crippen molar-refractivity contribution < 1.29 is 30.4 Å². The van der Waals surface area contributed by atoms with E-state index in [0.29, 0.717) is 0 Å². The van der Waals surface area contributed by atoms with E-state index in [-0.39, 0.29) is 0 Å². The third-order valence-electron chi connectivity index (χ3n) is 0.709. The van der Waals surface area contributed by atoms with Gasteiger partial charge in [0, 0.05) is 3.89 Å². The number of alkyl halides is 5. The highest BCUT2D eigenvalue weighted by Gasteiger charge is 2.61. The average molecular weight is 200 g/mol. The van der Waals surface area contributed by atoms with Gasteiger partial charge in [-0.3, -0.25) is 0 Å². The van der Waals surface area contributed by atoms with Crippen molar-refractivity contribution in [3.63, 3.8) is 0 Å². The van der Waals surface area contributed by atoms with Crippen LogP contribution in [0.4, 0.5) is 25.8 Å². The summed E-state index contributed by atoms with van der Waals surface area (Å²) in [4.78, 5) is 0. The Morgan fingerprint density at radius 1 is 1.09 bits per heavy atom. The van der Waals surface area contributed by atoms with Crippen LogP contribution >= 0.6 is 0 Å². The van der Waals surface area contributed by atoms with Gasteiger partial charge in [-0.25, -0.2) is 0 Å². The van der Waals surface area contributed by atoms with Crippen LogP contribution in [0.2, 0.25) is 0 Å². The Balaban J connectivity index is 4.22. The van der Waals surface area contributed by atoms with Crippen molar-refractivity contribution in [2.75, 3.05) is 5.75 Å². The molecule has 0 rings (SSSR count). The van der Waals surface area contributed by atoms with Crippen LogP contribution in [0.5, 0.6) is 0 Å². The highest BCUT2D eigenvalue weighted by atomic mass is 32.3. The Morgan fingerprint density at radius 3 is 1.55 bits per heavy atom. The van der Waals surface area contributed by atoms with Crippen molar-refractivity contribution in [3.05, 3.63) is 0 Å². The molecule has 1 atom stereocenters. The lowest BCUT2D eigenvalue weighted by molar-refractivity contribution is -0.271. The summed E-state index contributed by atoms with van der Waals surface area (Å²) in [5, 5.41) is 0. The standard InChI is InChI=1S/C3H2F6OS/c4-2(5,1-11(9)10)3(6,7)8/h1H2. The van der Waals surface area contributed by atoms with E-state index in [4.69, 9.17) is 0 Å². The Hall–Kier alpha value is -0.110. The molecule has 0 bridgehead atoms. The zero-order valence-electron chi connectivity index (χ0n) is 4.79. The molecule has 0 aliphatic heterocycles. The first-order valence-corrected chi connectivity index (χ1v) is 3.38. The van der Waals surface area contributed by atoms with Gasteiger partial charge >= 0.3 is 12.1 Å². The summed E-state index contributed by atoms with van der Waals surface area (Å²) in [7, 11) is 0. The predicted molar refractivity (Wildman–Crippen MR) is 25.1 cm³/mol. The maximum absolute atomic E-state index is 11.6. The van der Waals surface area contributed by atoms with E-state index in [0.717, 1.165) is 0 Å². The van der Waals surface area contributed by atoms with Gasteiger partial charge in [-0.1, -0.05) is 0 Å². The van der Waals surface area contributed by atoms with E-state index < -0.39 is 29.4 Å². The summed E-state index contributed by atoms with van der Waals surface area (Å²) in [5.41, 5.74) is 0. The molecule has 0 radical (unpaired) electrons. The van der Waals surface area contributed by atoms with Gasteiger partial charge in [-0.15, -0.1) is 0 Å². The molecule has 0 fully saturated rings. The van der Waals surface area contributed by atoms with Crippen LogP contribution in [0.1, 0.15) is 0 Å². The summed E-state index contributed by atoms with van der Waals surface area (Å²) >= 11 is -3.65. The second kappa shape index (κ2) is 3.10. The number of halogens is 6. The Bertz CT molecular complexity index is 130. The first kappa shape index (κ1) is 10.9. The zero-order chi connectivity index (χ0) is 9.28. The summed E-state index contributed by atoms with van der Waals surface area (Å²) in [6.45, 7) is 0. The topological polar surface area (TPSA) is 23.1 Å². The first-order valence-electron chi connectivity index (χ1n) is 2.16. The first-order chi connectivity index (χ1) is 4.67. The van der Waals surface area contributed by atoms with E-state index in [2.05, 4.69) is 0 Å². The van der Waals surface area contributed by atoms with Crippen molar-refractivity contribution in [1.29, 1.82) is 0 Å². The maximum Gasteiger partial charge on any atom is 0.458 e. The van der Waals surface area contributed by atoms with E-state index in [1.54, 1.807) is 0 Å². The lowest BCUT2D eigenvalue weighted by atomic mass is 10.4. The number of hydrogen-bond donors (Lipinski definition) is 0. The highest BCUT2D eigenvalue weighted by Crippen LogP contribution is 2.36. The van der Waals surface area contributed by atoms with Crippen molar-refractivity contribution in [3.8, 4) is 0 Å². The van der Waals surface area contributed by atoms with Crippen LogP contribution in [0.3, 0.4) is 0 Å². The molecule has 0 spiro atoms. The van der Waals surface area contributed by atoms with Gasteiger partial charge < -0.3 is 4.55 Å². The zero-order valence-corrected chi connectivity index (χ0v) is 5.61. The van der Waals surface area contributed by atoms with Crippen LogP contribution in [-0.4, -0.2) is 22.4 Å². The fourth-order valence-corrected chi connectivity index (χ4v) is 0.673. The third-order valence-corrected chi connectivity index (χ3v) is 1.30. The van der Waals surface area contributed by atoms with E-state index in [1.165, 1.54) is 0 Å². The lowest BCUT2D eigenvalue weighted by Gasteiger charge is -2.16. The van der Waals surface area contributed by atoms with Crippen molar-refractivity contribution >= 4 is 11.6 Å². The second-order valence-electron chi connectivity index (χ2n) is 1.64. The molecule has 0 saturated carbocycles. The average Bonchev–Trinajstić information content (AvgIpc) is 1.56. The van der Waals surface area contributed by atoms with Crippen LogP contribution < -0.4 is 0 Å². The summed E-state index contributed by atoms with van der Waals surface area (Å²) < 4.78 is 77.3. The molecule has 68 valence electrons. The Labute approximate surface area is 60.9 Å². The SMILES string of the molecule is [O-][S+](F)CC(F)(F)C(F)(F)F. The Morgan fingerprint density at radius 2 is 1.45 bits per heavy atom. The minimum Gasteiger partial charge on any atom is -0.580 e. The fourth-order valence-electron chi connectivity index (χ4n) is 0.224. The van der Waals surface area contributed by atoms with Crippen molar-refractivity contribution in [1.82, 2.24) is 0 Å².